The molecule has 0 aliphatic heterocycles. The second-order valence-electron chi connectivity index (χ2n) is 29.9. The van der Waals surface area contributed by atoms with Gasteiger partial charge in [-0.25, -0.2) is 0 Å². The molecule has 0 aliphatic carbocycles. The molecule has 0 heterocycles. The largest absolute Gasteiger partial charge is 0.463 e. The minimum Gasteiger partial charge on any atom is -0.463 e. The molecule has 0 amide bonds. The second-order valence-corrected chi connectivity index (χ2v) is 29.9. The fourth-order valence-corrected chi connectivity index (χ4v) is 11.2. The molecule has 0 unspecified atom stereocenters. The van der Waals surface area contributed by atoms with Crippen LogP contribution in [0, 0.1) is 0 Å². The molecule has 1 N–H and O–H groups in total. The van der Waals surface area contributed by atoms with Gasteiger partial charge in [-0.3, -0.25) is 4.79 Å². The van der Waals surface area contributed by atoms with Crippen molar-refractivity contribution in [2.24, 2.45) is 0 Å². The van der Waals surface area contributed by atoms with Crippen molar-refractivity contribution < 1.29 is 195 Å². The van der Waals surface area contributed by atoms with Crippen LogP contribution in [0.4, 0.5) is 0 Å². The number of ether oxygens (including phenoxy) is 39. The van der Waals surface area contributed by atoms with E-state index in [2.05, 4.69) is 6.92 Å². The molecule has 822 valence electrons. The van der Waals surface area contributed by atoms with E-state index in [1.54, 1.807) is 0 Å². The molecule has 0 spiro atoms. The predicted octanol–water partition coefficient (Wildman–Crippen LogP) is 6.41. The third-order valence-corrected chi connectivity index (χ3v) is 18.5. The van der Waals surface area contributed by atoms with Crippen LogP contribution in [0.2, 0.25) is 0 Å². The Bertz CT molecular complexity index is 2020. The van der Waals surface area contributed by atoms with E-state index in [1.807, 2.05) is 0 Å². The van der Waals surface area contributed by atoms with E-state index < -0.39 is 0 Å². The zero-order valence-electron chi connectivity index (χ0n) is 84.7. The molecular weight excluding hydrogens is 1810 g/mol. The first-order chi connectivity index (χ1) is 68.3. The van der Waals surface area contributed by atoms with Gasteiger partial charge >= 0.3 is 5.97 Å². The van der Waals surface area contributed by atoms with Crippen LogP contribution in [0.15, 0.2) is 0 Å². The van der Waals surface area contributed by atoms with Gasteiger partial charge in [0.25, 0.3) is 0 Å². The summed E-state index contributed by atoms with van der Waals surface area (Å²) in [6, 6.07) is 0. The summed E-state index contributed by atoms with van der Waals surface area (Å²) in [4.78, 5) is 12.0. The number of esters is 1. The van der Waals surface area contributed by atoms with E-state index in [-0.39, 0.29) is 19.2 Å². The number of carbonyl (C=O) groups is 1. The van der Waals surface area contributed by atoms with E-state index in [1.165, 1.54) is 83.5 Å². The second kappa shape index (κ2) is 132. The smallest absolute Gasteiger partial charge is 0.305 e. The highest BCUT2D eigenvalue weighted by atomic mass is 16.6. The summed E-state index contributed by atoms with van der Waals surface area (Å²) in [5.41, 5.74) is 0. The molecule has 0 rings (SSSR count). The van der Waals surface area contributed by atoms with Gasteiger partial charge in [0.1, 0.15) is 6.61 Å². The Morgan fingerprint density at radius 3 is 0.314 bits per heavy atom. The average molecular weight is 2000 g/mol. The number of unbranched alkanes of at least 4 members (excludes halogenated alkanes) is 14. The van der Waals surface area contributed by atoms with Crippen molar-refractivity contribution in [3.8, 4) is 0 Å². The number of hydrogen-bond acceptors (Lipinski definition) is 41. The highest BCUT2D eigenvalue weighted by molar-refractivity contribution is 5.69. The van der Waals surface area contributed by atoms with Gasteiger partial charge in [0, 0.05) is 6.42 Å². The molecule has 0 saturated heterocycles. The molecular formula is C96H192O41. The molecule has 0 aromatic rings. The van der Waals surface area contributed by atoms with Crippen LogP contribution in [0.1, 0.15) is 110 Å². The summed E-state index contributed by atoms with van der Waals surface area (Å²) >= 11 is 0. The first-order valence-corrected chi connectivity index (χ1v) is 51.0. The van der Waals surface area contributed by atoms with Crippen molar-refractivity contribution in [1.29, 1.82) is 0 Å². The van der Waals surface area contributed by atoms with Crippen LogP contribution < -0.4 is 0 Å². The van der Waals surface area contributed by atoms with Gasteiger partial charge in [0.15, 0.2) is 0 Å². The first kappa shape index (κ1) is 135. The van der Waals surface area contributed by atoms with Crippen LogP contribution in [-0.4, -0.2) is 526 Å². The van der Waals surface area contributed by atoms with E-state index >= 15 is 0 Å². The average Bonchev–Trinajstić information content (AvgIpc) is 1.04. The normalized spacial score (nSPS) is 11.8. The van der Waals surface area contributed by atoms with Gasteiger partial charge in [-0.15, -0.1) is 0 Å². The Balaban J connectivity index is 3.12. The standard InChI is InChI=1S/C96H192O41/c1-2-3-4-5-6-7-8-9-10-11-12-13-14-15-16-17-96(98)137-95-94-136-93-92-135-91-90-134-89-88-133-87-86-132-85-84-131-83-82-130-81-80-129-79-78-128-77-76-127-75-74-126-73-72-125-71-70-124-69-68-123-67-66-122-65-64-121-63-62-120-61-60-119-59-58-118-57-56-117-55-54-116-53-52-115-51-50-114-49-48-113-47-46-112-45-44-111-43-42-110-41-40-109-39-38-108-37-36-107-35-34-106-33-32-105-31-30-104-29-28-103-27-26-102-25-24-101-23-22-100-21-20-99-19-18-97/h97H,2-95H2,1H3. The lowest BCUT2D eigenvalue weighted by atomic mass is 10.0. The topological polar surface area (TPSA) is 397 Å². The lowest BCUT2D eigenvalue weighted by Crippen LogP contribution is -2.16. The van der Waals surface area contributed by atoms with Gasteiger partial charge in [-0.1, -0.05) is 96.8 Å². The van der Waals surface area contributed by atoms with Crippen LogP contribution in [0.5, 0.6) is 0 Å². The van der Waals surface area contributed by atoms with Crippen molar-refractivity contribution in [3.05, 3.63) is 0 Å². The molecule has 41 heteroatoms. The summed E-state index contributed by atoms with van der Waals surface area (Å²) in [6.45, 7) is 38.5. The number of carbonyl (C=O) groups excluding carboxylic acids is 1. The quantitative estimate of drug-likeness (QED) is 0.0507. The van der Waals surface area contributed by atoms with Crippen molar-refractivity contribution in [2.75, 3.05) is 515 Å². The molecule has 0 aliphatic rings. The molecule has 41 nitrogen and oxygen atoms in total. The lowest BCUT2D eigenvalue weighted by Gasteiger charge is -2.09. The van der Waals surface area contributed by atoms with Gasteiger partial charge in [-0.2, -0.15) is 0 Å². The Kier molecular flexibility index (Phi) is 130. The number of aliphatic hydroxyl groups is 1. The highest BCUT2D eigenvalue weighted by Gasteiger charge is 2.08. The van der Waals surface area contributed by atoms with Crippen molar-refractivity contribution >= 4 is 5.97 Å². The van der Waals surface area contributed by atoms with Gasteiger partial charge in [0.2, 0.25) is 0 Å². The van der Waals surface area contributed by atoms with Gasteiger partial charge in [-0.05, 0) is 6.42 Å². The Labute approximate surface area is 822 Å². The Morgan fingerprint density at radius 1 is 0.124 bits per heavy atom. The van der Waals surface area contributed by atoms with E-state index in [4.69, 9.17) is 190 Å². The van der Waals surface area contributed by atoms with Crippen LogP contribution in [0.3, 0.4) is 0 Å². The van der Waals surface area contributed by atoms with E-state index in [0.29, 0.717) is 509 Å². The lowest BCUT2D eigenvalue weighted by molar-refractivity contribution is -0.145. The Morgan fingerprint density at radius 2 is 0.212 bits per heavy atom. The van der Waals surface area contributed by atoms with E-state index in [9.17, 15) is 4.79 Å². The van der Waals surface area contributed by atoms with Crippen molar-refractivity contribution in [2.45, 2.75) is 110 Å². The maximum Gasteiger partial charge on any atom is 0.305 e. The van der Waals surface area contributed by atoms with Crippen LogP contribution in [-0.2, 0) is 190 Å². The molecule has 137 heavy (non-hydrogen) atoms. The maximum absolute atomic E-state index is 12.0. The van der Waals surface area contributed by atoms with Crippen LogP contribution in [0.25, 0.3) is 0 Å². The molecule has 0 atom stereocenters. The minimum absolute atomic E-state index is 0.0147. The van der Waals surface area contributed by atoms with E-state index in [0.717, 1.165) is 12.8 Å². The molecule has 0 fully saturated rings. The molecule has 0 aromatic heterocycles. The highest BCUT2D eigenvalue weighted by Crippen LogP contribution is 2.14. The fraction of sp³-hybridized carbons (Fsp3) is 0.990. The van der Waals surface area contributed by atoms with Crippen molar-refractivity contribution in [1.82, 2.24) is 0 Å². The van der Waals surface area contributed by atoms with Crippen molar-refractivity contribution in [3.63, 3.8) is 0 Å². The number of hydrogen-bond donors (Lipinski definition) is 1. The zero-order valence-corrected chi connectivity index (χ0v) is 84.7. The third kappa shape index (κ3) is 132. The third-order valence-electron chi connectivity index (χ3n) is 18.5. The van der Waals surface area contributed by atoms with Gasteiger partial charge in [0.05, 0.1) is 509 Å². The predicted molar refractivity (Wildman–Crippen MR) is 509 cm³/mol. The molecule has 0 saturated carbocycles. The monoisotopic (exact) mass is 2000 g/mol. The molecule has 0 bridgehead atoms. The SMILES string of the molecule is CCCCCCCCCCCCCCCCCC(=O)OCCOCCOCCOCCOCCOCCOCCOCCOCCOCCOCCOCCOCCOCCOCCOCCOCCOCCOCCOCCOCCOCCOCCOCCOCCOCCOCCOCCOCCOCCOCCOCCOCCOCCOCCOCCOCCOCCOCCO. The minimum atomic E-state index is -0.139. The number of rotatable bonds is 132. The fourth-order valence-electron chi connectivity index (χ4n) is 11.2. The maximum atomic E-state index is 12.0. The Hall–Kier alpha value is -2.09. The summed E-state index contributed by atoms with van der Waals surface area (Å²) in [5, 5.41) is 8.63. The summed E-state index contributed by atoms with van der Waals surface area (Å²) in [5.74, 6) is -0.139. The summed E-state index contributed by atoms with van der Waals surface area (Å²) in [7, 11) is 0. The summed E-state index contributed by atoms with van der Waals surface area (Å²) in [6.07, 6.45) is 20.1. The molecule has 0 aromatic carbocycles. The summed E-state index contributed by atoms with van der Waals surface area (Å²) < 4.78 is 215. The molecule has 0 radical (unpaired) electrons. The van der Waals surface area contributed by atoms with Gasteiger partial charge < -0.3 is 190 Å². The van der Waals surface area contributed by atoms with Crippen LogP contribution >= 0.6 is 0 Å². The zero-order chi connectivity index (χ0) is 97.6. The first-order valence-electron chi connectivity index (χ1n) is 51.0. The number of aliphatic hydroxyl groups excluding tert-OH is 1.